The van der Waals surface area contributed by atoms with Crippen LogP contribution in [0.4, 0.5) is 79.0 Å². The summed E-state index contributed by atoms with van der Waals surface area (Å²) in [6.45, 7) is 47.4. The van der Waals surface area contributed by atoms with E-state index in [1.165, 1.54) is 49.4 Å². The third kappa shape index (κ3) is 37.3. The van der Waals surface area contributed by atoms with E-state index >= 15 is 0 Å². The Balaban J connectivity index is 0.000000255. The van der Waals surface area contributed by atoms with Gasteiger partial charge in [0.1, 0.15) is 78.9 Å². The maximum atomic E-state index is 14.4. The second kappa shape index (κ2) is 58.7. The maximum Gasteiger partial charge on any atom is 0.573 e. The number of aryl methyl sites for hydroxylation is 5. The summed E-state index contributed by atoms with van der Waals surface area (Å²) in [5.74, 6) is -6.47. The van der Waals surface area contributed by atoms with Crippen molar-refractivity contribution in [3.63, 3.8) is 0 Å². The zero-order valence-electron chi connectivity index (χ0n) is 87.9. The van der Waals surface area contributed by atoms with Crippen LogP contribution < -0.4 is 4.74 Å². The first-order valence-corrected chi connectivity index (χ1v) is 50.2. The Labute approximate surface area is 885 Å². The minimum Gasteiger partial charge on any atom is -0.403 e. The molecule has 0 bridgehead atoms. The predicted molar refractivity (Wildman–Crippen MR) is 572 cm³/mol. The lowest BCUT2D eigenvalue weighted by Gasteiger charge is -2.14. The number of nitrogens with zero attached hydrogens (tertiary/aromatic N) is 7. The largest absolute Gasteiger partial charge is 0.573 e. The summed E-state index contributed by atoms with van der Waals surface area (Å²) in [7, 11) is 0. The van der Waals surface area contributed by atoms with Gasteiger partial charge < -0.3 is 4.74 Å². The molecule has 29 heteroatoms. The Bertz CT molecular complexity index is 6690. The number of rotatable bonds is 16. The van der Waals surface area contributed by atoms with Crippen molar-refractivity contribution in [1.82, 2.24) is 35.1 Å². The third-order valence-electron chi connectivity index (χ3n) is 22.8. The van der Waals surface area contributed by atoms with Gasteiger partial charge in [0.2, 0.25) is 0 Å². The molecule has 8 nitrogen and oxygen atoms in total. The van der Waals surface area contributed by atoms with Gasteiger partial charge in [-0.05, 0) is 266 Å². The Morgan fingerprint density at radius 2 is 0.685 bits per heavy atom. The molecule has 15 rings (SSSR count). The third-order valence-corrected chi connectivity index (χ3v) is 24.3. The van der Waals surface area contributed by atoms with Crippen LogP contribution in [0.5, 0.6) is 5.75 Å². The molecule has 149 heavy (non-hydrogen) atoms. The Hall–Kier alpha value is -12.4. The van der Waals surface area contributed by atoms with Crippen LogP contribution in [0, 0.1) is 104 Å². The molecule has 0 aliphatic rings. The van der Waals surface area contributed by atoms with Gasteiger partial charge in [-0.2, -0.15) is 23.4 Å². The average Bonchev–Trinajstić information content (AvgIpc) is 0.776. The molecule has 0 saturated carbocycles. The van der Waals surface area contributed by atoms with E-state index in [-0.39, 0.29) is 92.5 Å². The van der Waals surface area contributed by atoms with Gasteiger partial charge in [0.15, 0.2) is 11.6 Å². The van der Waals surface area contributed by atoms with Crippen molar-refractivity contribution in [2.24, 2.45) is 0 Å². The van der Waals surface area contributed by atoms with Crippen molar-refractivity contribution in [3.8, 4) is 61.5 Å². The molecule has 10 aromatic carbocycles. The maximum absolute atomic E-state index is 14.4. The quantitative estimate of drug-likeness (QED) is 0.0697. The Morgan fingerprint density at radius 1 is 0.295 bits per heavy atom. The van der Waals surface area contributed by atoms with Gasteiger partial charge in [0, 0.05) is 91.6 Å². The van der Waals surface area contributed by atoms with Crippen LogP contribution in [0.25, 0.3) is 55.8 Å². The van der Waals surface area contributed by atoms with Crippen molar-refractivity contribution in [2.75, 3.05) is 0 Å². The zero-order valence-corrected chi connectivity index (χ0v) is 91.8. The van der Waals surface area contributed by atoms with Crippen LogP contribution in [-0.4, -0.2) is 41.5 Å². The summed E-state index contributed by atoms with van der Waals surface area (Å²) in [6.07, 6.45) is -4.00. The lowest BCUT2D eigenvalue weighted by molar-refractivity contribution is -0.275. The number of ether oxygens (including phenoxy) is 1. The molecule has 5 aromatic heterocycles. The molecule has 0 fully saturated rings. The number of pyridine rings is 3. The van der Waals surface area contributed by atoms with E-state index in [9.17, 15) is 79.0 Å². The van der Waals surface area contributed by atoms with Crippen molar-refractivity contribution in [2.45, 2.75) is 245 Å². The summed E-state index contributed by atoms with van der Waals surface area (Å²) >= 11 is 12.8. The standard InChI is InChI=1S/C16H14F4.C16H15F3.C16H16F2.C15H14ClF.C15H16FN.C10H10F4O.C9H10F3N.C8H11BrN2.C8H10BrN.C7H10N2/c1-8(2)11-4-5-12(18)15(16(11)20)14-9(3)6-10(17)7-13(14)19;1-9(2)12-5-4-6-13(16(12)19)15-10(3)7-11(17)8-14(15)18;1-10(2)12-7-5-8-13(16(12)18)15-11(3)6-4-9-14(15)17;1-10(2)11-7-5-8-13(15(11)17)12-6-3-4-9-14(12)16;1-10(2)12-7-4-8-13(14(12)16)15-11(3)6-5-9-17-15;1-6(2)7-4-3-5-8(9(7)11)15-10(12,13)14;1-6(2)7-4-3-5-8(13-7)9(10,11)12;1-5(2)7-4-10-6(3)8(9)11-7;1-6(2)7-4-3-5-8(9)10-7;1-6(2)7-4-3-5-8-9-7/h4-8H,1-3H3;4-9H,1-3H3;4-10H,1-3H3;3-10H,1-2H3;4-10H,1-3H3;3-6H,1-2H3;3-6H,1-2H3;4-5H,1-3H3;3-6H,1-2H3;3-6H,1-2H3. The second-order valence-electron chi connectivity index (χ2n) is 37.8. The van der Waals surface area contributed by atoms with Crippen molar-refractivity contribution < 1.29 is 83.8 Å². The molecule has 0 aliphatic carbocycles. The fraction of sp³-hybridized carbons (Fsp3) is 0.308. The smallest absolute Gasteiger partial charge is 0.403 e. The summed E-state index contributed by atoms with van der Waals surface area (Å²) in [5, 5.41) is 8.26. The summed E-state index contributed by atoms with van der Waals surface area (Å²) in [5.41, 5.74) is 12.2. The first-order valence-electron chi connectivity index (χ1n) is 48.2. The zero-order chi connectivity index (χ0) is 112. The fourth-order valence-corrected chi connectivity index (χ4v) is 15.6. The first kappa shape index (κ1) is 125. The van der Waals surface area contributed by atoms with Gasteiger partial charge in [-0.15, -0.1) is 13.2 Å². The van der Waals surface area contributed by atoms with Crippen molar-refractivity contribution >= 4 is 43.5 Å². The molecule has 0 atom stereocenters. The minimum atomic E-state index is -4.86. The van der Waals surface area contributed by atoms with E-state index in [4.69, 9.17) is 11.6 Å². The fourth-order valence-electron chi connectivity index (χ4n) is 14.7. The molecule has 0 N–H and O–H groups in total. The second-order valence-corrected chi connectivity index (χ2v) is 39.8. The molecule has 0 saturated heterocycles. The molecular weight excluding hydrogens is 2090 g/mol. The molecule has 15 aromatic rings. The van der Waals surface area contributed by atoms with Gasteiger partial charge in [-0.25, -0.2) is 67.6 Å². The molecule has 0 unspecified atom stereocenters. The number of benzene rings is 10. The van der Waals surface area contributed by atoms with Crippen molar-refractivity contribution in [3.05, 3.63) is 423 Å². The van der Waals surface area contributed by atoms with Crippen LogP contribution in [0.15, 0.2) is 258 Å². The molecule has 0 spiro atoms. The molecule has 794 valence electrons. The van der Waals surface area contributed by atoms with Crippen LogP contribution in [0.1, 0.15) is 287 Å². The van der Waals surface area contributed by atoms with Crippen LogP contribution >= 0.6 is 43.5 Å². The number of hydrogen-bond acceptors (Lipinski definition) is 8. The number of halogens is 21. The van der Waals surface area contributed by atoms with Gasteiger partial charge in [-0.3, -0.25) is 9.97 Å². The Kier molecular flexibility index (Phi) is 49.3. The number of aromatic nitrogens is 7. The van der Waals surface area contributed by atoms with E-state index in [1.54, 1.807) is 121 Å². The summed E-state index contributed by atoms with van der Waals surface area (Å²) in [4.78, 5) is 20.6. The van der Waals surface area contributed by atoms with Crippen LogP contribution in [0.3, 0.4) is 0 Å². The highest BCUT2D eigenvalue weighted by molar-refractivity contribution is 9.10. The minimum absolute atomic E-state index is 0.00349. The molecular formula is C120H126Br2ClF18N7O. The average molecular weight is 2220 g/mol. The highest BCUT2D eigenvalue weighted by Gasteiger charge is 2.35. The van der Waals surface area contributed by atoms with Gasteiger partial charge in [-0.1, -0.05) is 284 Å². The lowest BCUT2D eigenvalue weighted by Crippen LogP contribution is -2.18. The molecule has 5 heterocycles. The van der Waals surface area contributed by atoms with Gasteiger partial charge >= 0.3 is 12.5 Å². The number of alkyl halides is 6. The normalized spacial score (nSPS) is 11.1. The first-order chi connectivity index (χ1) is 69.8. The van der Waals surface area contributed by atoms with Crippen molar-refractivity contribution in [1.29, 1.82) is 0 Å². The monoisotopic (exact) mass is 2220 g/mol. The van der Waals surface area contributed by atoms with E-state index in [1.807, 2.05) is 174 Å². The van der Waals surface area contributed by atoms with Gasteiger partial charge in [0.25, 0.3) is 0 Å². The van der Waals surface area contributed by atoms with Crippen LogP contribution in [-0.2, 0) is 6.18 Å². The van der Waals surface area contributed by atoms with Gasteiger partial charge in [0.05, 0.1) is 28.3 Å². The summed E-state index contributed by atoms with van der Waals surface area (Å²) in [6, 6.07) is 60.6. The predicted octanol–water partition coefficient (Wildman–Crippen LogP) is 39.5. The molecule has 0 radical (unpaired) electrons. The van der Waals surface area contributed by atoms with Crippen LogP contribution in [0.2, 0.25) is 5.02 Å². The SMILES string of the molecule is CC(C)c1cccc(-c2ccccc2Cl)c1F.CC(C)c1cccc(Br)n1.CC(C)c1cccc(C(F)(F)F)n1.CC(C)c1cccc(OC(F)(F)F)c1F.CC(C)c1cccnn1.Cc1cc(F)cc(F)c1-c1c(F)ccc(C(C)C)c1F.Cc1cc(F)cc(F)c1-c1cccc(C(C)C)c1F.Cc1cccc(F)c1-c1cccc(C(C)C)c1F.Cc1cccnc1-c1cccc(C(C)C)c1F.Cc1ncc(C(C)C)nc1Br. The van der Waals surface area contributed by atoms with E-state index < -0.39 is 76.1 Å². The topological polar surface area (TPSA) is 99.5 Å². The van der Waals surface area contributed by atoms with E-state index in [0.717, 1.165) is 95.8 Å². The lowest BCUT2D eigenvalue weighted by atomic mass is 9.93. The van der Waals surface area contributed by atoms with E-state index in [0.29, 0.717) is 79.0 Å². The number of hydrogen-bond donors (Lipinski definition) is 0. The summed E-state index contributed by atoms with van der Waals surface area (Å²) < 4.78 is 245. The Morgan fingerprint density at radius 3 is 1.11 bits per heavy atom. The molecule has 0 amide bonds. The highest BCUT2D eigenvalue weighted by atomic mass is 79.9. The molecule has 0 aliphatic heterocycles. The van der Waals surface area contributed by atoms with E-state index in [2.05, 4.69) is 113 Å². The highest BCUT2D eigenvalue weighted by Crippen LogP contribution is 2.41.